The molecule has 166 valence electrons. The fraction of sp³-hybridized carbons (Fsp3) is 0.115. The zero-order chi connectivity index (χ0) is 23.2. The summed E-state index contributed by atoms with van der Waals surface area (Å²) in [5.41, 5.74) is 3.45. The molecule has 1 heterocycles. The van der Waals surface area contributed by atoms with Crippen LogP contribution in [0.5, 0.6) is 5.75 Å². The molecule has 1 amide bonds. The molecular formula is C26H23N3O4. The van der Waals surface area contributed by atoms with Crippen LogP contribution in [0.2, 0.25) is 0 Å². The fourth-order valence-electron chi connectivity index (χ4n) is 3.85. The molecule has 0 aliphatic carbocycles. The number of para-hydroxylation sites is 2. The molecule has 3 aromatic carbocycles. The van der Waals surface area contributed by atoms with Gasteiger partial charge in [0.1, 0.15) is 5.75 Å². The molecule has 4 aromatic rings. The third kappa shape index (κ3) is 4.93. The highest BCUT2D eigenvalue weighted by atomic mass is 16.6. The van der Waals surface area contributed by atoms with Gasteiger partial charge in [-0.2, -0.15) is 0 Å². The van der Waals surface area contributed by atoms with Crippen LogP contribution in [0.3, 0.4) is 0 Å². The lowest BCUT2D eigenvalue weighted by Crippen LogP contribution is -2.27. The Labute approximate surface area is 190 Å². The molecule has 0 saturated heterocycles. The highest BCUT2D eigenvalue weighted by molar-refractivity contribution is 5.92. The van der Waals surface area contributed by atoms with Crippen LogP contribution in [-0.4, -0.2) is 29.5 Å². The number of benzene rings is 3. The Morgan fingerprint density at radius 3 is 2.58 bits per heavy atom. The molecule has 0 bridgehead atoms. The Hall–Kier alpha value is -4.39. The van der Waals surface area contributed by atoms with Crippen molar-refractivity contribution in [3.8, 4) is 5.75 Å². The molecule has 0 aliphatic rings. The van der Waals surface area contributed by atoms with Crippen LogP contribution in [0.4, 0.5) is 5.69 Å². The highest BCUT2D eigenvalue weighted by Crippen LogP contribution is 2.31. The number of nitrogens with zero attached hydrogens (tertiary/aromatic N) is 1. The van der Waals surface area contributed by atoms with Gasteiger partial charge in [0.05, 0.1) is 17.6 Å². The van der Waals surface area contributed by atoms with Crippen LogP contribution in [0.25, 0.3) is 17.0 Å². The molecule has 0 fully saturated rings. The third-order valence-corrected chi connectivity index (χ3v) is 5.54. The second-order valence-corrected chi connectivity index (χ2v) is 7.51. The van der Waals surface area contributed by atoms with Crippen molar-refractivity contribution in [3.63, 3.8) is 0 Å². The maximum absolute atomic E-state index is 12.6. The normalized spacial score (nSPS) is 12.0. The van der Waals surface area contributed by atoms with Gasteiger partial charge >= 0.3 is 0 Å². The number of hydrogen-bond acceptors (Lipinski definition) is 4. The van der Waals surface area contributed by atoms with Crippen LogP contribution in [-0.2, 0) is 4.79 Å². The first kappa shape index (κ1) is 21.8. The first-order chi connectivity index (χ1) is 16.1. The maximum Gasteiger partial charge on any atom is 0.276 e. The zero-order valence-corrected chi connectivity index (χ0v) is 18.0. The smallest absolute Gasteiger partial charge is 0.276 e. The SMILES string of the molecule is COc1ccc(C(CNC(=O)/C=C/c2ccccc2[N+](=O)[O-])c2c[nH]c3ccccc23)cc1. The number of aromatic nitrogens is 1. The summed E-state index contributed by atoms with van der Waals surface area (Å²) < 4.78 is 5.28. The van der Waals surface area contributed by atoms with E-state index < -0.39 is 4.92 Å². The Kier molecular flexibility index (Phi) is 6.50. The Morgan fingerprint density at radius 2 is 1.82 bits per heavy atom. The summed E-state index contributed by atoms with van der Waals surface area (Å²) in [7, 11) is 1.62. The number of ether oxygens (including phenoxy) is 1. The number of H-pyrrole nitrogens is 1. The zero-order valence-electron chi connectivity index (χ0n) is 18.0. The van der Waals surface area contributed by atoms with Gasteiger partial charge in [-0.1, -0.05) is 42.5 Å². The number of aromatic amines is 1. The molecule has 2 N–H and O–H groups in total. The van der Waals surface area contributed by atoms with E-state index in [9.17, 15) is 14.9 Å². The van der Waals surface area contributed by atoms with Gasteiger partial charge in [0.15, 0.2) is 0 Å². The molecule has 1 unspecified atom stereocenters. The van der Waals surface area contributed by atoms with Crippen molar-refractivity contribution >= 4 is 28.6 Å². The van der Waals surface area contributed by atoms with Crippen molar-refractivity contribution in [1.29, 1.82) is 0 Å². The molecule has 1 atom stereocenters. The van der Waals surface area contributed by atoms with Gasteiger partial charge in [-0.05, 0) is 41.5 Å². The summed E-state index contributed by atoms with van der Waals surface area (Å²) in [6, 6.07) is 22.1. The van der Waals surface area contributed by atoms with Crippen LogP contribution in [0.15, 0.2) is 85.1 Å². The largest absolute Gasteiger partial charge is 0.497 e. The number of amides is 1. The molecular weight excluding hydrogens is 418 g/mol. The van der Waals surface area contributed by atoms with E-state index >= 15 is 0 Å². The van der Waals surface area contributed by atoms with E-state index in [-0.39, 0.29) is 17.5 Å². The lowest BCUT2D eigenvalue weighted by Gasteiger charge is -2.18. The minimum absolute atomic E-state index is 0.0450. The van der Waals surface area contributed by atoms with Crippen LogP contribution in [0, 0.1) is 10.1 Å². The minimum atomic E-state index is -0.464. The van der Waals surface area contributed by atoms with E-state index in [1.54, 1.807) is 25.3 Å². The molecule has 1 aromatic heterocycles. The first-order valence-corrected chi connectivity index (χ1v) is 10.5. The number of methoxy groups -OCH3 is 1. The molecule has 0 saturated carbocycles. The second-order valence-electron chi connectivity index (χ2n) is 7.51. The van der Waals surface area contributed by atoms with Crippen molar-refractivity contribution in [2.45, 2.75) is 5.92 Å². The predicted molar refractivity (Wildman–Crippen MR) is 128 cm³/mol. The summed E-state index contributed by atoms with van der Waals surface area (Å²) in [6.45, 7) is 0.355. The summed E-state index contributed by atoms with van der Waals surface area (Å²) >= 11 is 0. The van der Waals surface area contributed by atoms with E-state index in [1.807, 2.05) is 54.7 Å². The second kappa shape index (κ2) is 9.82. The molecule has 7 nitrogen and oxygen atoms in total. The van der Waals surface area contributed by atoms with Crippen LogP contribution in [0.1, 0.15) is 22.6 Å². The quantitative estimate of drug-likeness (QED) is 0.227. The summed E-state index contributed by atoms with van der Waals surface area (Å²) in [6.07, 6.45) is 4.75. The van der Waals surface area contributed by atoms with Gasteiger partial charge in [-0.25, -0.2) is 0 Å². The molecule has 33 heavy (non-hydrogen) atoms. The van der Waals surface area contributed by atoms with Gasteiger partial charge in [0.25, 0.3) is 5.69 Å². The average molecular weight is 441 g/mol. The van der Waals surface area contributed by atoms with Crippen molar-refractivity contribution in [2.75, 3.05) is 13.7 Å². The minimum Gasteiger partial charge on any atom is -0.497 e. The van der Waals surface area contributed by atoms with Crippen LogP contribution >= 0.6 is 0 Å². The summed E-state index contributed by atoms with van der Waals surface area (Å²) in [5, 5.41) is 15.2. The number of carbonyl (C=O) groups is 1. The number of nitro groups is 1. The summed E-state index contributed by atoms with van der Waals surface area (Å²) in [5.74, 6) is 0.329. The highest BCUT2D eigenvalue weighted by Gasteiger charge is 2.19. The van der Waals surface area contributed by atoms with Crippen molar-refractivity contribution in [2.24, 2.45) is 0 Å². The first-order valence-electron chi connectivity index (χ1n) is 10.5. The monoisotopic (exact) mass is 441 g/mol. The molecule has 0 aliphatic heterocycles. The fourth-order valence-corrected chi connectivity index (χ4v) is 3.85. The van der Waals surface area contributed by atoms with E-state index in [2.05, 4.69) is 10.3 Å². The van der Waals surface area contributed by atoms with E-state index in [0.717, 1.165) is 27.8 Å². The Bertz CT molecular complexity index is 1310. The number of nitro benzene ring substituents is 1. The Morgan fingerprint density at radius 1 is 1.09 bits per heavy atom. The maximum atomic E-state index is 12.6. The van der Waals surface area contributed by atoms with E-state index in [0.29, 0.717) is 12.1 Å². The van der Waals surface area contributed by atoms with Gasteiger partial charge in [-0.3, -0.25) is 14.9 Å². The lowest BCUT2D eigenvalue weighted by atomic mass is 9.90. The third-order valence-electron chi connectivity index (χ3n) is 5.54. The van der Waals surface area contributed by atoms with Gasteiger partial charge in [0.2, 0.25) is 5.91 Å². The number of fused-ring (bicyclic) bond motifs is 1. The van der Waals surface area contributed by atoms with Crippen LogP contribution < -0.4 is 10.1 Å². The van der Waals surface area contributed by atoms with Crippen molar-refractivity contribution in [1.82, 2.24) is 10.3 Å². The molecule has 7 heteroatoms. The topological polar surface area (TPSA) is 97.3 Å². The number of rotatable bonds is 8. The van der Waals surface area contributed by atoms with Crippen molar-refractivity contribution in [3.05, 3.63) is 112 Å². The van der Waals surface area contributed by atoms with E-state index in [4.69, 9.17) is 4.74 Å². The lowest BCUT2D eigenvalue weighted by molar-refractivity contribution is -0.385. The number of nitrogens with one attached hydrogen (secondary N) is 2. The van der Waals surface area contributed by atoms with Gasteiger partial charge < -0.3 is 15.0 Å². The Balaban J connectivity index is 1.57. The van der Waals surface area contributed by atoms with Gasteiger partial charge in [0, 0.05) is 41.7 Å². The number of carbonyl (C=O) groups excluding carboxylic acids is 1. The number of hydrogen-bond donors (Lipinski definition) is 2. The molecule has 0 radical (unpaired) electrons. The predicted octanol–water partition coefficient (Wildman–Crippen LogP) is 5.05. The van der Waals surface area contributed by atoms with Gasteiger partial charge in [-0.15, -0.1) is 0 Å². The molecule has 4 rings (SSSR count). The molecule has 0 spiro atoms. The average Bonchev–Trinajstić information content (AvgIpc) is 3.27. The standard InChI is InChI=1S/C26H23N3O4/c1-33-20-13-10-18(11-14-20)22(23-17-27-24-8-4-3-7-21(23)24)16-28-26(30)15-12-19-6-2-5-9-25(19)29(31)32/h2-15,17,22,27H,16H2,1H3,(H,28,30)/b15-12+. The van der Waals surface area contributed by atoms with Crippen molar-refractivity contribution < 1.29 is 14.5 Å². The summed E-state index contributed by atoms with van der Waals surface area (Å²) in [4.78, 5) is 26.6. The van der Waals surface area contributed by atoms with E-state index in [1.165, 1.54) is 18.2 Å².